The Morgan fingerprint density at radius 2 is 1.72 bits per heavy atom. The van der Waals surface area contributed by atoms with E-state index in [0.29, 0.717) is 5.56 Å². The van der Waals surface area contributed by atoms with Gasteiger partial charge in [-0.2, -0.15) is 0 Å². The summed E-state index contributed by atoms with van der Waals surface area (Å²) < 4.78 is 13.6. The maximum Gasteiger partial charge on any atom is 0.164 e. The number of hydrogen-bond donors (Lipinski definition) is 2. The van der Waals surface area contributed by atoms with E-state index >= 15 is 0 Å². The SMILES string of the molecule is Oc1c(Cl)cccc1CNc1cccc(Cl)c1F. The zero-order chi connectivity index (χ0) is 13.1. The normalized spacial score (nSPS) is 10.4. The van der Waals surface area contributed by atoms with Gasteiger partial charge in [0.1, 0.15) is 5.75 Å². The average molecular weight is 286 g/mol. The molecule has 0 unspecified atom stereocenters. The second-order valence-electron chi connectivity index (χ2n) is 3.70. The lowest BCUT2D eigenvalue weighted by Crippen LogP contribution is -2.02. The second-order valence-corrected chi connectivity index (χ2v) is 4.52. The van der Waals surface area contributed by atoms with Crippen molar-refractivity contribution in [2.45, 2.75) is 6.54 Å². The zero-order valence-corrected chi connectivity index (χ0v) is 10.8. The van der Waals surface area contributed by atoms with Gasteiger partial charge in [-0.25, -0.2) is 4.39 Å². The molecule has 5 heteroatoms. The van der Waals surface area contributed by atoms with Gasteiger partial charge in [-0.3, -0.25) is 0 Å². The highest BCUT2D eigenvalue weighted by molar-refractivity contribution is 6.32. The van der Waals surface area contributed by atoms with Crippen molar-refractivity contribution in [1.82, 2.24) is 0 Å². The third-order valence-electron chi connectivity index (χ3n) is 2.49. The van der Waals surface area contributed by atoms with Crippen LogP contribution in [0.2, 0.25) is 10.0 Å². The molecular formula is C13H10Cl2FNO. The molecular weight excluding hydrogens is 276 g/mol. The molecule has 0 bridgehead atoms. The number of nitrogens with one attached hydrogen (secondary N) is 1. The van der Waals surface area contributed by atoms with Gasteiger partial charge >= 0.3 is 0 Å². The number of rotatable bonds is 3. The van der Waals surface area contributed by atoms with Gasteiger partial charge in [0, 0.05) is 12.1 Å². The molecule has 0 aliphatic heterocycles. The largest absolute Gasteiger partial charge is 0.506 e. The molecule has 2 rings (SSSR count). The van der Waals surface area contributed by atoms with Crippen molar-refractivity contribution in [1.29, 1.82) is 0 Å². The third kappa shape index (κ3) is 2.68. The summed E-state index contributed by atoms with van der Waals surface area (Å²) in [6.07, 6.45) is 0. The lowest BCUT2D eigenvalue weighted by Gasteiger charge is -2.10. The Hall–Kier alpha value is -1.45. The molecule has 0 atom stereocenters. The molecule has 2 aromatic carbocycles. The molecule has 0 saturated carbocycles. The predicted molar refractivity (Wildman–Crippen MR) is 71.9 cm³/mol. The number of anilines is 1. The molecule has 18 heavy (non-hydrogen) atoms. The Morgan fingerprint density at radius 3 is 2.50 bits per heavy atom. The first-order valence-corrected chi connectivity index (χ1v) is 5.99. The number of aromatic hydroxyl groups is 1. The van der Waals surface area contributed by atoms with Gasteiger partial charge in [0.2, 0.25) is 0 Å². The third-order valence-corrected chi connectivity index (χ3v) is 3.09. The molecule has 0 aliphatic rings. The Kier molecular flexibility index (Phi) is 3.94. The molecule has 0 saturated heterocycles. The van der Waals surface area contributed by atoms with Crippen LogP contribution in [0.15, 0.2) is 36.4 Å². The molecule has 0 aromatic heterocycles. The standard InChI is InChI=1S/C13H10Cl2FNO/c14-9-4-2-6-11(12(9)16)17-7-8-3-1-5-10(15)13(8)18/h1-6,17-18H,7H2. The Balaban J connectivity index is 2.17. The fraction of sp³-hybridized carbons (Fsp3) is 0.0769. The summed E-state index contributed by atoms with van der Waals surface area (Å²) in [6, 6.07) is 9.69. The summed E-state index contributed by atoms with van der Waals surface area (Å²) in [6.45, 7) is 0.254. The molecule has 2 N–H and O–H groups in total. The number of benzene rings is 2. The number of phenolic OH excluding ortho intramolecular Hbond substituents is 1. The molecule has 0 amide bonds. The lowest BCUT2D eigenvalue weighted by molar-refractivity contribution is 0.469. The van der Waals surface area contributed by atoms with E-state index in [1.807, 2.05) is 0 Å². The van der Waals surface area contributed by atoms with Crippen LogP contribution in [-0.2, 0) is 6.54 Å². The Morgan fingerprint density at radius 1 is 1.06 bits per heavy atom. The lowest BCUT2D eigenvalue weighted by atomic mass is 10.2. The average Bonchev–Trinajstić information content (AvgIpc) is 2.36. The summed E-state index contributed by atoms with van der Waals surface area (Å²) in [5, 5.41) is 12.9. The van der Waals surface area contributed by atoms with Crippen LogP contribution in [-0.4, -0.2) is 5.11 Å². The maximum atomic E-state index is 13.6. The summed E-state index contributed by atoms with van der Waals surface area (Å²) in [5.74, 6) is -0.519. The molecule has 94 valence electrons. The zero-order valence-electron chi connectivity index (χ0n) is 9.25. The van der Waals surface area contributed by atoms with Crippen molar-refractivity contribution < 1.29 is 9.50 Å². The van der Waals surface area contributed by atoms with Crippen molar-refractivity contribution in [3.63, 3.8) is 0 Å². The highest BCUT2D eigenvalue weighted by Gasteiger charge is 2.08. The molecule has 2 aromatic rings. The quantitative estimate of drug-likeness (QED) is 0.873. The second kappa shape index (κ2) is 5.46. The van der Waals surface area contributed by atoms with E-state index in [-0.39, 0.29) is 28.0 Å². The Labute approximate surface area is 114 Å². The topological polar surface area (TPSA) is 32.3 Å². The highest BCUT2D eigenvalue weighted by atomic mass is 35.5. The maximum absolute atomic E-state index is 13.6. The van der Waals surface area contributed by atoms with Crippen LogP contribution < -0.4 is 5.32 Å². The van der Waals surface area contributed by atoms with E-state index in [1.165, 1.54) is 6.07 Å². The smallest absolute Gasteiger partial charge is 0.164 e. The van der Waals surface area contributed by atoms with Crippen molar-refractivity contribution in [3.05, 3.63) is 57.8 Å². The van der Waals surface area contributed by atoms with Gasteiger partial charge in [-0.15, -0.1) is 0 Å². The summed E-state index contributed by atoms with van der Waals surface area (Å²) >= 11 is 11.4. The van der Waals surface area contributed by atoms with Crippen LogP contribution in [0.4, 0.5) is 10.1 Å². The first kappa shape index (κ1) is 13.0. The molecule has 0 aliphatic carbocycles. The molecule has 0 heterocycles. The van der Waals surface area contributed by atoms with Crippen LogP contribution in [0.1, 0.15) is 5.56 Å². The molecule has 2 nitrogen and oxygen atoms in total. The number of phenols is 1. The van der Waals surface area contributed by atoms with Crippen molar-refractivity contribution in [2.75, 3.05) is 5.32 Å². The minimum Gasteiger partial charge on any atom is -0.506 e. The minimum absolute atomic E-state index is 0.00546. The summed E-state index contributed by atoms with van der Waals surface area (Å²) in [4.78, 5) is 0. The van der Waals surface area contributed by atoms with Gasteiger partial charge < -0.3 is 10.4 Å². The van der Waals surface area contributed by atoms with Crippen molar-refractivity contribution in [2.24, 2.45) is 0 Å². The first-order chi connectivity index (χ1) is 8.59. The van der Waals surface area contributed by atoms with E-state index in [9.17, 15) is 9.50 Å². The van der Waals surface area contributed by atoms with Crippen LogP contribution in [0.5, 0.6) is 5.75 Å². The van der Waals surface area contributed by atoms with E-state index in [2.05, 4.69) is 5.32 Å². The minimum atomic E-state index is -0.513. The van der Waals surface area contributed by atoms with E-state index in [4.69, 9.17) is 23.2 Å². The van der Waals surface area contributed by atoms with Crippen LogP contribution >= 0.6 is 23.2 Å². The van der Waals surface area contributed by atoms with Gasteiger partial charge in [0.05, 0.1) is 15.7 Å². The highest BCUT2D eigenvalue weighted by Crippen LogP contribution is 2.28. The summed E-state index contributed by atoms with van der Waals surface area (Å²) in [7, 11) is 0. The molecule has 0 spiro atoms. The number of para-hydroxylation sites is 1. The first-order valence-electron chi connectivity index (χ1n) is 5.24. The van der Waals surface area contributed by atoms with Gasteiger partial charge in [0.25, 0.3) is 0 Å². The molecule has 0 fully saturated rings. The monoisotopic (exact) mass is 285 g/mol. The van der Waals surface area contributed by atoms with E-state index in [1.54, 1.807) is 30.3 Å². The van der Waals surface area contributed by atoms with E-state index in [0.717, 1.165) is 0 Å². The van der Waals surface area contributed by atoms with Crippen LogP contribution in [0.25, 0.3) is 0 Å². The van der Waals surface area contributed by atoms with Crippen molar-refractivity contribution >= 4 is 28.9 Å². The predicted octanol–water partition coefficient (Wildman–Crippen LogP) is 4.45. The number of hydrogen-bond acceptors (Lipinski definition) is 2. The van der Waals surface area contributed by atoms with Crippen molar-refractivity contribution in [3.8, 4) is 5.75 Å². The van der Waals surface area contributed by atoms with Gasteiger partial charge in [-0.05, 0) is 18.2 Å². The number of halogens is 3. The Bertz CT molecular complexity index is 523. The fourth-order valence-corrected chi connectivity index (χ4v) is 1.90. The van der Waals surface area contributed by atoms with Gasteiger partial charge in [0.15, 0.2) is 5.82 Å². The van der Waals surface area contributed by atoms with Crippen LogP contribution in [0.3, 0.4) is 0 Å². The van der Waals surface area contributed by atoms with Crippen LogP contribution in [0, 0.1) is 5.82 Å². The van der Waals surface area contributed by atoms with E-state index < -0.39 is 5.82 Å². The van der Waals surface area contributed by atoms with Gasteiger partial charge in [-0.1, -0.05) is 41.4 Å². The summed E-state index contributed by atoms with van der Waals surface area (Å²) in [5.41, 5.74) is 0.865. The fourth-order valence-electron chi connectivity index (χ4n) is 1.53. The molecule has 0 radical (unpaired) electrons.